The van der Waals surface area contributed by atoms with Crippen molar-refractivity contribution in [3.8, 4) is 0 Å². The molecule has 1 aromatic carbocycles. The number of hydrogen-bond acceptors (Lipinski definition) is 4. The van der Waals surface area contributed by atoms with E-state index >= 15 is 0 Å². The Balaban J connectivity index is 2.41. The van der Waals surface area contributed by atoms with Gasteiger partial charge in [0.25, 0.3) is 0 Å². The maximum Gasteiger partial charge on any atom is 0.417 e. The van der Waals surface area contributed by atoms with Gasteiger partial charge in [0.1, 0.15) is 0 Å². The molecule has 1 fully saturated rings. The molecule has 0 bridgehead atoms. The van der Waals surface area contributed by atoms with Crippen molar-refractivity contribution in [1.29, 1.82) is 0 Å². The van der Waals surface area contributed by atoms with Crippen LogP contribution in [0.25, 0.3) is 0 Å². The van der Waals surface area contributed by atoms with Crippen molar-refractivity contribution in [1.82, 2.24) is 4.72 Å². The molecular weight excluding hydrogens is 343 g/mol. The quantitative estimate of drug-likeness (QED) is 0.890. The van der Waals surface area contributed by atoms with Crippen molar-refractivity contribution in [3.05, 3.63) is 29.8 Å². The molecule has 0 radical (unpaired) electrons. The third-order valence-corrected chi connectivity index (χ3v) is 6.97. The van der Waals surface area contributed by atoms with Crippen molar-refractivity contribution in [2.45, 2.75) is 30.0 Å². The fraction of sp³-hybridized carbons (Fsp3) is 0.500. The minimum Gasteiger partial charge on any atom is -0.229 e. The summed E-state index contributed by atoms with van der Waals surface area (Å²) < 4.78 is 88.4. The molecule has 2 rings (SSSR count). The Morgan fingerprint density at radius 1 is 1.23 bits per heavy atom. The summed E-state index contributed by atoms with van der Waals surface area (Å²) in [7, 11) is -7.90. The Hall–Kier alpha value is -1.13. The summed E-state index contributed by atoms with van der Waals surface area (Å²) in [5, 5.41) is 0. The second-order valence-corrected chi connectivity index (χ2v) is 9.34. The topological polar surface area (TPSA) is 80.3 Å². The standard InChI is InChI=1S/C12H14F3NO4S2/c1-11(6-7-21(17,18)8-11)16-22(19,20)10-5-3-2-4-9(10)12(13,14)15/h2-5,16H,6-8H2,1H3/t11-/m0/s1. The molecule has 10 heteroatoms. The van der Waals surface area contributed by atoms with Crippen molar-refractivity contribution >= 4 is 19.9 Å². The first-order chi connectivity index (χ1) is 9.85. The van der Waals surface area contributed by atoms with E-state index in [1.807, 2.05) is 0 Å². The molecule has 124 valence electrons. The normalized spacial score (nSPS) is 25.3. The van der Waals surface area contributed by atoms with E-state index in [4.69, 9.17) is 0 Å². The molecule has 1 aliphatic heterocycles. The van der Waals surface area contributed by atoms with E-state index in [0.717, 1.165) is 12.1 Å². The first-order valence-electron chi connectivity index (χ1n) is 6.25. The third kappa shape index (κ3) is 3.61. The number of benzene rings is 1. The lowest BCUT2D eigenvalue weighted by Crippen LogP contribution is -2.47. The number of sulfone groups is 1. The second kappa shape index (κ2) is 5.20. The smallest absolute Gasteiger partial charge is 0.229 e. The number of hydrogen-bond donors (Lipinski definition) is 1. The summed E-state index contributed by atoms with van der Waals surface area (Å²) in [6.45, 7) is 1.37. The third-order valence-electron chi connectivity index (χ3n) is 3.37. The van der Waals surface area contributed by atoms with Gasteiger partial charge in [-0.2, -0.15) is 13.2 Å². The number of rotatable bonds is 3. The van der Waals surface area contributed by atoms with E-state index in [2.05, 4.69) is 4.72 Å². The lowest BCUT2D eigenvalue weighted by atomic mass is 10.0. The van der Waals surface area contributed by atoms with Crippen LogP contribution in [0.15, 0.2) is 29.2 Å². The molecule has 0 amide bonds. The molecular formula is C12H14F3NO4S2. The van der Waals surface area contributed by atoms with Crippen LogP contribution in [0.2, 0.25) is 0 Å². The molecule has 0 saturated carbocycles. The van der Waals surface area contributed by atoms with Crippen molar-refractivity contribution in [3.63, 3.8) is 0 Å². The van der Waals surface area contributed by atoms with Crippen LogP contribution in [-0.4, -0.2) is 33.9 Å². The van der Waals surface area contributed by atoms with Crippen LogP contribution in [0.4, 0.5) is 13.2 Å². The summed E-state index contributed by atoms with van der Waals surface area (Å²) in [5.74, 6) is -0.639. The van der Waals surface area contributed by atoms with E-state index in [0.29, 0.717) is 6.07 Å². The van der Waals surface area contributed by atoms with Crippen LogP contribution in [-0.2, 0) is 26.0 Å². The maximum atomic E-state index is 12.9. The van der Waals surface area contributed by atoms with Gasteiger partial charge in [0, 0.05) is 5.54 Å². The number of nitrogens with one attached hydrogen (secondary N) is 1. The van der Waals surface area contributed by atoms with E-state index in [1.54, 1.807) is 0 Å². The SMILES string of the molecule is C[C@]1(NS(=O)(=O)c2ccccc2C(F)(F)F)CCS(=O)(=O)C1. The molecule has 0 spiro atoms. The zero-order chi connectivity index (χ0) is 16.8. The minimum atomic E-state index is -4.83. The van der Waals surface area contributed by atoms with Crippen molar-refractivity contribution in [2.75, 3.05) is 11.5 Å². The second-order valence-electron chi connectivity index (χ2n) is 5.50. The fourth-order valence-corrected chi connectivity index (χ4v) is 6.25. The van der Waals surface area contributed by atoms with Gasteiger partial charge < -0.3 is 0 Å². The highest BCUT2D eigenvalue weighted by Gasteiger charge is 2.43. The fourth-order valence-electron chi connectivity index (χ4n) is 2.41. The van der Waals surface area contributed by atoms with E-state index < -0.39 is 47.8 Å². The van der Waals surface area contributed by atoms with Gasteiger partial charge in [-0.1, -0.05) is 12.1 Å². The Labute approximate surface area is 126 Å². The van der Waals surface area contributed by atoms with Crippen molar-refractivity contribution < 1.29 is 30.0 Å². The highest BCUT2D eigenvalue weighted by atomic mass is 32.2. The van der Waals surface area contributed by atoms with Crippen molar-refractivity contribution in [2.24, 2.45) is 0 Å². The average Bonchev–Trinajstić information content (AvgIpc) is 2.61. The maximum absolute atomic E-state index is 12.9. The van der Waals surface area contributed by atoms with Crippen LogP contribution in [0.5, 0.6) is 0 Å². The molecule has 1 N–H and O–H groups in total. The van der Waals surface area contributed by atoms with Gasteiger partial charge in [-0.15, -0.1) is 0 Å². The Bertz CT molecular complexity index is 787. The molecule has 0 unspecified atom stereocenters. The van der Waals surface area contributed by atoms with Gasteiger partial charge in [-0.05, 0) is 25.5 Å². The molecule has 0 aromatic heterocycles. The molecule has 1 saturated heterocycles. The lowest BCUT2D eigenvalue weighted by molar-refractivity contribution is -0.139. The van der Waals surface area contributed by atoms with E-state index in [-0.39, 0.29) is 12.2 Å². The van der Waals surface area contributed by atoms with Crippen LogP contribution in [0.3, 0.4) is 0 Å². The Morgan fingerprint density at radius 2 is 1.82 bits per heavy atom. The molecule has 0 aliphatic carbocycles. The zero-order valence-electron chi connectivity index (χ0n) is 11.5. The molecule has 1 aromatic rings. The first-order valence-corrected chi connectivity index (χ1v) is 9.56. The predicted octanol–water partition coefficient (Wildman–Crippen LogP) is 1.56. The number of sulfonamides is 1. The highest BCUT2D eigenvalue weighted by molar-refractivity contribution is 7.92. The van der Waals surface area contributed by atoms with E-state index in [9.17, 15) is 30.0 Å². The molecule has 22 heavy (non-hydrogen) atoms. The summed E-state index contributed by atoms with van der Waals surface area (Å²) in [6.07, 6.45) is -4.81. The molecule has 5 nitrogen and oxygen atoms in total. The largest absolute Gasteiger partial charge is 0.417 e. The first kappa shape index (κ1) is 17.2. The molecule has 1 aliphatic rings. The van der Waals surface area contributed by atoms with Crippen LogP contribution >= 0.6 is 0 Å². The summed E-state index contributed by atoms with van der Waals surface area (Å²) in [6, 6.07) is 3.78. The zero-order valence-corrected chi connectivity index (χ0v) is 13.1. The summed E-state index contributed by atoms with van der Waals surface area (Å²) in [4.78, 5) is -0.909. The monoisotopic (exact) mass is 357 g/mol. The lowest BCUT2D eigenvalue weighted by Gasteiger charge is -2.24. The van der Waals surface area contributed by atoms with Gasteiger partial charge in [0.2, 0.25) is 10.0 Å². The number of halogens is 3. The van der Waals surface area contributed by atoms with Gasteiger partial charge >= 0.3 is 6.18 Å². The minimum absolute atomic E-state index is 0.0166. The molecule has 1 heterocycles. The Kier molecular flexibility index (Phi) is 4.08. The average molecular weight is 357 g/mol. The summed E-state index contributed by atoms with van der Waals surface area (Å²) >= 11 is 0. The van der Waals surface area contributed by atoms with E-state index in [1.165, 1.54) is 13.0 Å². The van der Waals surface area contributed by atoms with Crippen LogP contribution in [0.1, 0.15) is 18.9 Å². The Morgan fingerprint density at radius 3 is 2.32 bits per heavy atom. The van der Waals surface area contributed by atoms with Gasteiger partial charge in [0.15, 0.2) is 9.84 Å². The van der Waals surface area contributed by atoms with Crippen LogP contribution < -0.4 is 4.72 Å². The highest BCUT2D eigenvalue weighted by Crippen LogP contribution is 2.35. The van der Waals surface area contributed by atoms with Gasteiger partial charge in [-0.3, -0.25) is 0 Å². The predicted molar refractivity (Wildman–Crippen MR) is 73.4 cm³/mol. The van der Waals surface area contributed by atoms with Gasteiger partial charge in [-0.25, -0.2) is 21.6 Å². The number of alkyl halides is 3. The van der Waals surface area contributed by atoms with Crippen LogP contribution in [0, 0.1) is 0 Å². The molecule has 1 atom stereocenters. The summed E-state index contributed by atoms with van der Waals surface area (Å²) in [5.41, 5.74) is -2.59. The van der Waals surface area contributed by atoms with Gasteiger partial charge in [0.05, 0.1) is 22.0 Å².